The quantitative estimate of drug-likeness (QED) is 0.111. The van der Waals surface area contributed by atoms with E-state index >= 15 is 0 Å². The van der Waals surface area contributed by atoms with Gasteiger partial charge in [0.1, 0.15) is 12.6 Å². The minimum atomic E-state index is -0.719. The number of methoxy groups -OCH3 is 3. The van der Waals surface area contributed by atoms with Crippen molar-refractivity contribution in [3.05, 3.63) is 123 Å². The fraction of sp³-hybridized carbons (Fsp3) is 0.262. The zero-order valence-electron chi connectivity index (χ0n) is 30.3. The van der Waals surface area contributed by atoms with Gasteiger partial charge in [-0.25, -0.2) is 0 Å². The number of morpholine rings is 1. The van der Waals surface area contributed by atoms with Crippen LogP contribution in [0.25, 0.3) is 5.57 Å². The molecule has 4 aromatic carbocycles. The van der Waals surface area contributed by atoms with Crippen molar-refractivity contribution in [2.75, 3.05) is 54.2 Å². The molecular weight excluding hydrogens is 729 g/mol. The second-order valence-corrected chi connectivity index (χ2v) is 12.6. The summed E-state index contributed by atoms with van der Waals surface area (Å²) in [6.07, 6.45) is 7.58. The monoisotopic (exact) mass is 769 g/mol. The van der Waals surface area contributed by atoms with Gasteiger partial charge in [0.2, 0.25) is 11.8 Å². The molecule has 54 heavy (non-hydrogen) atoms. The molecule has 5 rings (SSSR count). The lowest BCUT2D eigenvalue weighted by Crippen LogP contribution is -2.39. The van der Waals surface area contributed by atoms with Crippen LogP contribution in [0.2, 0.25) is 10.0 Å². The molecule has 2 amide bonds. The first kappa shape index (κ1) is 41.1. The summed E-state index contributed by atoms with van der Waals surface area (Å²) in [6.45, 7) is 2.46. The highest BCUT2D eigenvalue weighted by atomic mass is 35.5. The van der Waals surface area contributed by atoms with Crippen molar-refractivity contribution in [2.24, 2.45) is 0 Å². The molecule has 1 unspecified atom stereocenters. The first-order chi connectivity index (χ1) is 26.2. The first-order valence-corrected chi connectivity index (χ1v) is 17.7. The minimum Gasteiger partial charge on any atom is -0.493 e. The van der Waals surface area contributed by atoms with Gasteiger partial charge in [0.05, 0.1) is 40.6 Å². The zero-order chi connectivity index (χ0) is 38.9. The molecule has 0 bridgehead atoms. The summed E-state index contributed by atoms with van der Waals surface area (Å²) >= 11 is 11.9. The Kier molecular flexibility index (Phi) is 16.1. The average Bonchev–Trinajstić information content (AvgIpc) is 3.21. The third-order valence-corrected chi connectivity index (χ3v) is 8.76. The zero-order valence-corrected chi connectivity index (χ0v) is 31.8. The van der Waals surface area contributed by atoms with Crippen LogP contribution in [0.4, 0.5) is 0 Å². The number of carbonyl (C=O) groups is 2. The van der Waals surface area contributed by atoms with Crippen molar-refractivity contribution < 1.29 is 33.3 Å². The molecule has 10 nitrogen and oxygen atoms in total. The number of hydrogen-bond acceptors (Lipinski definition) is 8. The van der Waals surface area contributed by atoms with Crippen LogP contribution in [-0.2, 0) is 20.7 Å². The summed E-state index contributed by atoms with van der Waals surface area (Å²) in [4.78, 5) is 26.8. The fourth-order valence-corrected chi connectivity index (χ4v) is 5.66. The highest BCUT2D eigenvalue weighted by molar-refractivity contribution is 6.30. The number of nitriles is 1. The number of halogens is 2. The van der Waals surface area contributed by atoms with Crippen LogP contribution in [-0.4, -0.2) is 71.0 Å². The molecule has 0 aromatic heterocycles. The summed E-state index contributed by atoms with van der Waals surface area (Å²) in [5.41, 5.74) is 4.15. The molecule has 1 aliphatic heterocycles. The maximum Gasteiger partial charge on any atom is 0.247 e. The topological polar surface area (TPSA) is 119 Å². The van der Waals surface area contributed by atoms with E-state index < -0.39 is 6.04 Å². The van der Waals surface area contributed by atoms with E-state index in [4.69, 9.17) is 53.3 Å². The number of ether oxygens (including phenoxy) is 5. The lowest BCUT2D eigenvalue weighted by atomic mass is 9.96. The second kappa shape index (κ2) is 21.2. The molecule has 0 spiro atoms. The van der Waals surface area contributed by atoms with Gasteiger partial charge >= 0.3 is 0 Å². The van der Waals surface area contributed by atoms with Gasteiger partial charge in [-0.05, 0) is 82.8 Å². The van der Waals surface area contributed by atoms with Crippen molar-refractivity contribution >= 4 is 40.6 Å². The van der Waals surface area contributed by atoms with Crippen LogP contribution in [0.15, 0.2) is 91.0 Å². The number of nitrogens with zero attached hydrogens (tertiary/aromatic N) is 2. The molecule has 1 N–H and O–H groups in total. The lowest BCUT2D eigenvalue weighted by Gasteiger charge is -2.26. The Labute approximate surface area is 326 Å². The summed E-state index contributed by atoms with van der Waals surface area (Å²) in [6, 6.07) is 26.6. The van der Waals surface area contributed by atoms with Gasteiger partial charge in [-0.15, -0.1) is 6.42 Å². The van der Waals surface area contributed by atoms with E-state index in [9.17, 15) is 14.9 Å². The number of carbonyl (C=O) groups excluding carboxylic acids is 2. The van der Waals surface area contributed by atoms with Gasteiger partial charge in [-0.2, -0.15) is 5.26 Å². The number of aryl methyl sites for hydroxylation is 1. The Morgan fingerprint density at radius 3 is 2.06 bits per heavy atom. The Balaban J connectivity index is 0.000000241. The van der Waals surface area contributed by atoms with Gasteiger partial charge in [0, 0.05) is 35.6 Å². The number of benzene rings is 4. The van der Waals surface area contributed by atoms with Crippen molar-refractivity contribution in [1.82, 2.24) is 10.2 Å². The SMILES string of the molecule is C#CCOc1ccc(CCC(=O)NC(C#N)c2ccc(Cl)cc2)cc1OC.COc1ccc(/C(=C\C(=O)N2CCOCC2)c2ccc(Cl)cc2)cc1OC. The summed E-state index contributed by atoms with van der Waals surface area (Å²) in [5, 5.41) is 13.2. The summed E-state index contributed by atoms with van der Waals surface area (Å²) < 4.78 is 26.8. The molecule has 1 heterocycles. The fourth-order valence-electron chi connectivity index (χ4n) is 5.41. The number of rotatable bonds is 13. The van der Waals surface area contributed by atoms with Gasteiger partial charge in [0.15, 0.2) is 23.0 Å². The number of hydrogen-bond donors (Lipinski definition) is 1. The van der Waals surface area contributed by atoms with Crippen molar-refractivity contribution in [3.8, 4) is 41.4 Å². The number of amides is 2. The van der Waals surface area contributed by atoms with E-state index in [1.54, 1.807) is 61.6 Å². The minimum absolute atomic E-state index is 0.0435. The molecule has 4 aromatic rings. The largest absolute Gasteiger partial charge is 0.493 e. The second-order valence-electron chi connectivity index (χ2n) is 11.7. The van der Waals surface area contributed by atoms with Crippen molar-refractivity contribution in [3.63, 3.8) is 0 Å². The predicted octanol–water partition coefficient (Wildman–Crippen LogP) is 7.32. The van der Waals surface area contributed by atoms with Crippen LogP contribution >= 0.6 is 23.2 Å². The molecule has 280 valence electrons. The van der Waals surface area contributed by atoms with E-state index in [1.165, 1.54) is 7.11 Å². The summed E-state index contributed by atoms with van der Waals surface area (Å²) in [5.74, 6) is 4.48. The number of nitrogens with one attached hydrogen (secondary N) is 1. The lowest BCUT2D eigenvalue weighted by molar-refractivity contribution is -0.130. The maximum atomic E-state index is 12.8. The first-order valence-electron chi connectivity index (χ1n) is 16.9. The molecule has 0 radical (unpaired) electrons. The highest BCUT2D eigenvalue weighted by Gasteiger charge is 2.18. The van der Waals surface area contributed by atoms with Gasteiger partial charge in [-0.3, -0.25) is 9.59 Å². The Morgan fingerprint density at radius 2 is 1.44 bits per heavy atom. The third kappa shape index (κ3) is 11.9. The predicted molar refractivity (Wildman–Crippen MR) is 209 cm³/mol. The molecule has 0 saturated carbocycles. The van der Waals surface area contributed by atoms with E-state index in [1.807, 2.05) is 48.5 Å². The molecule has 1 atom stereocenters. The van der Waals surface area contributed by atoms with Crippen LogP contribution in [0.1, 0.15) is 34.7 Å². The normalized spacial score (nSPS) is 12.9. The smallest absolute Gasteiger partial charge is 0.247 e. The van der Waals surface area contributed by atoms with Crippen LogP contribution in [0.5, 0.6) is 23.0 Å². The van der Waals surface area contributed by atoms with Crippen LogP contribution in [0.3, 0.4) is 0 Å². The molecule has 1 aliphatic rings. The van der Waals surface area contributed by atoms with Gasteiger partial charge in [0.25, 0.3) is 0 Å². The van der Waals surface area contributed by atoms with Crippen LogP contribution in [0, 0.1) is 23.7 Å². The third-order valence-electron chi connectivity index (χ3n) is 8.26. The molecule has 12 heteroatoms. The average molecular weight is 771 g/mol. The molecular formula is C42H41Cl2N3O7. The van der Waals surface area contributed by atoms with E-state index in [0.717, 1.165) is 22.3 Å². The molecule has 1 fully saturated rings. The van der Waals surface area contributed by atoms with Crippen molar-refractivity contribution in [2.45, 2.75) is 18.9 Å². The molecule has 0 aliphatic carbocycles. The molecule has 1 saturated heterocycles. The van der Waals surface area contributed by atoms with E-state index in [0.29, 0.717) is 71.3 Å². The van der Waals surface area contributed by atoms with E-state index in [2.05, 4.69) is 17.3 Å². The summed E-state index contributed by atoms with van der Waals surface area (Å²) in [7, 11) is 4.72. The van der Waals surface area contributed by atoms with Gasteiger partial charge in [-0.1, -0.05) is 65.5 Å². The Hall–Kier alpha value is -5.65. The van der Waals surface area contributed by atoms with Gasteiger partial charge < -0.3 is 33.9 Å². The van der Waals surface area contributed by atoms with Crippen LogP contribution < -0.4 is 24.3 Å². The number of terminal acetylenes is 1. The van der Waals surface area contributed by atoms with E-state index in [-0.39, 0.29) is 24.8 Å². The highest BCUT2D eigenvalue weighted by Crippen LogP contribution is 2.33. The van der Waals surface area contributed by atoms with Crippen molar-refractivity contribution in [1.29, 1.82) is 5.26 Å². The Morgan fingerprint density at radius 1 is 0.852 bits per heavy atom. The Bertz CT molecular complexity index is 1980. The standard InChI is InChI=1S/C21H19ClN2O3.C21H22ClNO4/c1-3-12-27-19-10-4-15(13-20(19)26-2)5-11-21(25)24-18(14-23)16-6-8-17(22)9-7-16;1-25-19-8-5-16(13-20(19)26-2)18(15-3-6-17(22)7-4-15)14-21(24)23-9-11-27-12-10-23/h1,4,6-10,13,18H,5,11-12H2,2H3,(H,24,25);3-8,13-14H,9-12H2,1-2H3/b;18-14-. The maximum absolute atomic E-state index is 12.8.